The van der Waals surface area contributed by atoms with Crippen molar-refractivity contribution in [1.29, 1.82) is 0 Å². The van der Waals surface area contributed by atoms with Gasteiger partial charge in [-0.2, -0.15) is 0 Å². The van der Waals surface area contributed by atoms with Gasteiger partial charge in [0.25, 0.3) is 0 Å². The highest BCUT2D eigenvalue weighted by atomic mass is 32.2. The van der Waals surface area contributed by atoms with Crippen molar-refractivity contribution in [3.63, 3.8) is 0 Å². The largest absolute Gasteiger partial charge is 0.497 e. The van der Waals surface area contributed by atoms with E-state index in [4.69, 9.17) is 9.88 Å². The maximum atomic E-state index is 11.5. The molecule has 2 aliphatic carbocycles. The van der Waals surface area contributed by atoms with Gasteiger partial charge in [-0.25, -0.2) is 13.6 Å². The minimum atomic E-state index is -3.73. The van der Waals surface area contributed by atoms with E-state index in [0.29, 0.717) is 5.41 Å². The molecule has 0 aliphatic heterocycles. The normalized spacial score (nSPS) is 19.0. The van der Waals surface area contributed by atoms with Crippen molar-refractivity contribution in [3.8, 4) is 5.75 Å². The zero-order chi connectivity index (χ0) is 19.1. The molecule has 2 aliphatic rings. The van der Waals surface area contributed by atoms with Gasteiger partial charge in [-0.1, -0.05) is 25.0 Å². The molecule has 1 fully saturated rings. The van der Waals surface area contributed by atoms with Crippen LogP contribution >= 0.6 is 0 Å². The number of ether oxygens (including phenoxy) is 1. The van der Waals surface area contributed by atoms with Crippen LogP contribution in [0.5, 0.6) is 5.75 Å². The van der Waals surface area contributed by atoms with Gasteiger partial charge in [0, 0.05) is 6.20 Å². The van der Waals surface area contributed by atoms with Crippen LogP contribution in [-0.4, -0.2) is 20.5 Å². The number of rotatable bonds is 4. The quantitative estimate of drug-likeness (QED) is 0.864. The zero-order valence-corrected chi connectivity index (χ0v) is 16.3. The number of hydrogen-bond donors (Lipinski definition) is 1. The van der Waals surface area contributed by atoms with Gasteiger partial charge in [-0.3, -0.25) is 4.98 Å². The summed E-state index contributed by atoms with van der Waals surface area (Å²) in [5, 5.41) is 5.21. The molecular formula is C21H24N2O3S. The van der Waals surface area contributed by atoms with Gasteiger partial charge in [-0.05, 0) is 72.1 Å². The third-order valence-electron chi connectivity index (χ3n) is 5.94. The van der Waals surface area contributed by atoms with Crippen molar-refractivity contribution < 1.29 is 13.2 Å². The lowest BCUT2D eigenvalue weighted by Gasteiger charge is -2.23. The van der Waals surface area contributed by atoms with Crippen LogP contribution < -0.4 is 9.88 Å². The summed E-state index contributed by atoms with van der Waals surface area (Å²) in [6.45, 7) is 0. The first kappa shape index (κ1) is 18.2. The molecule has 0 atom stereocenters. The van der Waals surface area contributed by atoms with Crippen molar-refractivity contribution in [2.24, 2.45) is 10.6 Å². The topological polar surface area (TPSA) is 82.3 Å². The van der Waals surface area contributed by atoms with Crippen molar-refractivity contribution in [3.05, 3.63) is 53.9 Å². The Morgan fingerprint density at radius 2 is 1.67 bits per heavy atom. The molecule has 0 saturated heterocycles. The Kier molecular flexibility index (Phi) is 4.56. The first-order valence-electron chi connectivity index (χ1n) is 9.26. The Labute approximate surface area is 160 Å². The average Bonchev–Trinajstić information content (AvgIpc) is 3.28. The molecule has 0 unspecified atom stereocenters. The molecule has 4 rings (SSSR count). The highest BCUT2D eigenvalue weighted by Crippen LogP contribution is 2.57. The fourth-order valence-corrected chi connectivity index (χ4v) is 5.00. The van der Waals surface area contributed by atoms with E-state index >= 15 is 0 Å². The van der Waals surface area contributed by atoms with Crippen LogP contribution in [0.4, 0.5) is 0 Å². The van der Waals surface area contributed by atoms with Crippen LogP contribution in [-0.2, 0) is 10.0 Å². The average molecular weight is 385 g/mol. The standard InChI is InChI=1S/C21H24N2O3S/c1-26-16-6-4-15(5-7-16)18-12-21(10-2-3-11-21)13-19(18)20-9-8-17(14-23-20)27(22,24)25/h4-9,14H,2-3,10-13H2,1H3,(H2,22,24,25). The van der Waals surface area contributed by atoms with Crippen molar-refractivity contribution in [2.45, 2.75) is 43.4 Å². The van der Waals surface area contributed by atoms with E-state index in [0.717, 1.165) is 24.3 Å². The predicted octanol–water partition coefficient (Wildman–Crippen LogP) is 4.00. The highest BCUT2D eigenvalue weighted by Gasteiger charge is 2.41. The first-order valence-corrected chi connectivity index (χ1v) is 10.8. The van der Waals surface area contributed by atoms with E-state index in [1.54, 1.807) is 19.2 Å². The van der Waals surface area contributed by atoms with Gasteiger partial charge in [0.05, 0.1) is 12.8 Å². The molecule has 0 amide bonds. The number of benzene rings is 1. The fourth-order valence-electron chi connectivity index (χ4n) is 4.55. The van der Waals surface area contributed by atoms with E-state index in [2.05, 4.69) is 17.1 Å². The Bertz CT molecular complexity index is 971. The molecule has 1 spiro atoms. The van der Waals surface area contributed by atoms with Gasteiger partial charge >= 0.3 is 0 Å². The summed E-state index contributed by atoms with van der Waals surface area (Å²) in [7, 11) is -2.06. The molecule has 1 aromatic heterocycles. The molecule has 2 aromatic rings. The van der Waals surface area contributed by atoms with E-state index < -0.39 is 10.0 Å². The second-order valence-electron chi connectivity index (χ2n) is 7.67. The molecule has 6 heteroatoms. The number of nitrogens with two attached hydrogens (primary N) is 1. The second kappa shape index (κ2) is 6.77. The lowest BCUT2D eigenvalue weighted by Crippen LogP contribution is -2.13. The molecule has 0 radical (unpaired) electrons. The molecule has 1 saturated carbocycles. The van der Waals surface area contributed by atoms with Gasteiger partial charge < -0.3 is 4.74 Å². The van der Waals surface area contributed by atoms with Gasteiger partial charge in [0.2, 0.25) is 10.0 Å². The maximum Gasteiger partial charge on any atom is 0.239 e. The van der Waals surface area contributed by atoms with E-state index in [-0.39, 0.29) is 4.90 Å². The smallest absolute Gasteiger partial charge is 0.239 e. The Balaban J connectivity index is 1.76. The predicted molar refractivity (Wildman–Crippen MR) is 106 cm³/mol. The van der Waals surface area contributed by atoms with Crippen molar-refractivity contribution in [2.75, 3.05) is 7.11 Å². The third kappa shape index (κ3) is 3.51. The number of methoxy groups -OCH3 is 1. The monoisotopic (exact) mass is 384 g/mol. The second-order valence-corrected chi connectivity index (χ2v) is 9.23. The van der Waals surface area contributed by atoms with Gasteiger partial charge in [0.15, 0.2) is 0 Å². The van der Waals surface area contributed by atoms with Crippen LogP contribution in [0.15, 0.2) is 47.5 Å². The summed E-state index contributed by atoms with van der Waals surface area (Å²) in [5.74, 6) is 0.838. The van der Waals surface area contributed by atoms with E-state index in [1.807, 2.05) is 12.1 Å². The summed E-state index contributed by atoms with van der Waals surface area (Å²) in [6, 6.07) is 11.5. The van der Waals surface area contributed by atoms with Crippen LogP contribution in [0.3, 0.4) is 0 Å². The Morgan fingerprint density at radius 1 is 1.00 bits per heavy atom. The summed E-state index contributed by atoms with van der Waals surface area (Å²) in [6.07, 6.45) is 8.45. The minimum absolute atomic E-state index is 0.0476. The Morgan fingerprint density at radius 3 is 2.22 bits per heavy atom. The molecule has 2 N–H and O–H groups in total. The van der Waals surface area contributed by atoms with Crippen LogP contribution in [0.1, 0.15) is 49.8 Å². The van der Waals surface area contributed by atoms with Gasteiger partial charge in [0.1, 0.15) is 10.6 Å². The SMILES string of the molecule is COc1ccc(C2=C(c3ccc(S(N)(=O)=O)cn3)CC3(CCCC3)C2)cc1. The highest BCUT2D eigenvalue weighted by molar-refractivity contribution is 7.89. The molecule has 1 aromatic carbocycles. The molecule has 142 valence electrons. The molecule has 1 heterocycles. The number of allylic oxidation sites excluding steroid dienone is 2. The van der Waals surface area contributed by atoms with Crippen LogP contribution in [0.25, 0.3) is 11.1 Å². The summed E-state index contributed by atoms with van der Waals surface area (Å²) in [4.78, 5) is 4.50. The number of sulfonamides is 1. The number of nitrogens with zero attached hydrogens (tertiary/aromatic N) is 1. The van der Waals surface area contributed by atoms with E-state index in [1.165, 1.54) is 48.6 Å². The summed E-state index contributed by atoms with van der Waals surface area (Å²) >= 11 is 0. The Hall–Kier alpha value is -2.18. The lowest BCUT2D eigenvalue weighted by molar-refractivity contribution is 0.329. The molecular weight excluding hydrogens is 360 g/mol. The first-order chi connectivity index (χ1) is 12.9. The number of primary sulfonamides is 1. The number of hydrogen-bond acceptors (Lipinski definition) is 4. The van der Waals surface area contributed by atoms with Crippen LogP contribution in [0.2, 0.25) is 0 Å². The minimum Gasteiger partial charge on any atom is -0.497 e. The number of pyridine rings is 1. The van der Waals surface area contributed by atoms with Gasteiger partial charge in [-0.15, -0.1) is 0 Å². The maximum absolute atomic E-state index is 11.5. The van der Waals surface area contributed by atoms with Crippen molar-refractivity contribution >= 4 is 21.2 Å². The number of aromatic nitrogens is 1. The van der Waals surface area contributed by atoms with Crippen molar-refractivity contribution in [1.82, 2.24) is 4.98 Å². The third-order valence-corrected chi connectivity index (χ3v) is 6.84. The molecule has 27 heavy (non-hydrogen) atoms. The zero-order valence-electron chi connectivity index (χ0n) is 15.4. The van der Waals surface area contributed by atoms with E-state index in [9.17, 15) is 8.42 Å². The fraction of sp³-hybridized carbons (Fsp3) is 0.381. The molecule has 0 bridgehead atoms. The lowest BCUT2D eigenvalue weighted by atomic mass is 9.81. The summed E-state index contributed by atoms with van der Waals surface area (Å²) < 4.78 is 28.3. The van der Waals surface area contributed by atoms with Crippen LogP contribution in [0, 0.1) is 5.41 Å². The summed E-state index contributed by atoms with van der Waals surface area (Å²) in [5.41, 5.74) is 4.90. The molecule has 5 nitrogen and oxygen atoms in total.